The number of thioether (sulfide) groups is 1. The molecule has 20 heavy (non-hydrogen) atoms. The summed E-state index contributed by atoms with van der Waals surface area (Å²) in [5.41, 5.74) is 1.43. The molecule has 2 nitrogen and oxygen atoms in total. The summed E-state index contributed by atoms with van der Waals surface area (Å²) in [6.07, 6.45) is 9.35. The molecule has 1 unspecified atom stereocenters. The van der Waals surface area contributed by atoms with E-state index in [1.165, 1.54) is 49.2 Å². The molecule has 1 saturated heterocycles. The van der Waals surface area contributed by atoms with Gasteiger partial charge in [-0.05, 0) is 37.1 Å². The van der Waals surface area contributed by atoms with Crippen molar-refractivity contribution in [3.05, 3.63) is 24.3 Å². The molecule has 1 N–H and O–H groups in total. The van der Waals surface area contributed by atoms with Crippen LogP contribution in [-0.4, -0.2) is 31.9 Å². The fourth-order valence-electron chi connectivity index (χ4n) is 3.74. The molecule has 3 rings (SSSR count). The van der Waals surface area contributed by atoms with Crippen molar-refractivity contribution in [3.8, 4) is 0 Å². The van der Waals surface area contributed by atoms with Crippen molar-refractivity contribution in [1.82, 2.24) is 5.32 Å². The van der Waals surface area contributed by atoms with Gasteiger partial charge in [-0.3, -0.25) is 0 Å². The van der Waals surface area contributed by atoms with E-state index in [0.717, 1.165) is 19.0 Å². The minimum atomic E-state index is 0.693. The first-order chi connectivity index (χ1) is 9.88. The number of benzene rings is 1. The van der Waals surface area contributed by atoms with E-state index in [4.69, 9.17) is 0 Å². The molecule has 2 fully saturated rings. The van der Waals surface area contributed by atoms with Crippen molar-refractivity contribution in [2.45, 2.75) is 43.0 Å². The first kappa shape index (κ1) is 14.3. The van der Waals surface area contributed by atoms with Gasteiger partial charge in [-0.25, -0.2) is 0 Å². The Morgan fingerprint density at radius 1 is 1.15 bits per heavy atom. The maximum atomic E-state index is 3.78. The van der Waals surface area contributed by atoms with Crippen LogP contribution in [0.3, 0.4) is 0 Å². The van der Waals surface area contributed by atoms with E-state index in [2.05, 4.69) is 40.7 Å². The molecule has 0 radical (unpaired) electrons. The third-order valence-corrected chi connectivity index (χ3v) is 5.64. The van der Waals surface area contributed by atoms with Gasteiger partial charge in [0.15, 0.2) is 0 Å². The Hall–Kier alpha value is -0.670. The van der Waals surface area contributed by atoms with Crippen LogP contribution in [0.4, 0.5) is 5.69 Å². The Balaban J connectivity index is 1.71. The minimum absolute atomic E-state index is 0.693. The summed E-state index contributed by atoms with van der Waals surface area (Å²) in [7, 11) is 0. The molecule has 1 atom stereocenters. The summed E-state index contributed by atoms with van der Waals surface area (Å²) in [6, 6.07) is 9.55. The summed E-state index contributed by atoms with van der Waals surface area (Å²) >= 11 is 1.86. The second kappa shape index (κ2) is 6.86. The molecule has 0 amide bonds. The number of piperazine rings is 1. The molecule has 0 spiro atoms. The van der Waals surface area contributed by atoms with Gasteiger partial charge < -0.3 is 10.2 Å². The average molecular weight is 290 g/mol. The summed E-state index contributed by atoms with van der Waals surface area (Å²) in [4.78, 5) is 4.01. The smallest absolute Gasteiger partial charge is 0.0505 e. The highest BCUT2D eigenvalue weighted by Crippen LogP contribution is 2.32. The number of hydrogen-bond donors (Lipinski definition) is 1. The van der Waals surface area contributed by atoms with Gasteiger partial charge in [0.25, 0.3) is 0 Å². The summed E-state index contributed by atoms with van der Waals surface area (Å²) < 4.78 is 0. The van der Waals surface area contributed by atoms with Crippen molar-refractivity contribution >= 4 is 17.4 Å². The standard InChI is InChI=1S/C17H26N2S/c1-20-17-10-6-5-9-16(17)19-12-11-18-15(13-19)14-7-3-2-4-8-14/h5-6,9-10,14-15,18H,2-4,7-8,11-13H2,1H3. The number of hydrogen-bond acceptors (Lipinski definition) is 3. The Morgan fingerprint density at radius 3 is 2.75 bits per heavy atom. The zero-order chi connectivity index (χ0) is 13.8. The molecular weight excluding hydrogens is 264 g/mol. The molecule has 1 aromatic rings. The van der Waals surface area contributed by atoms with Crippen LogP contribution in [0.15, 0.2) is 29.2 Å². The zero-order valence-electron chi connectivity index (χ0n) is 12.5. The molecule has 110 valence electrons. The predicted molar refractivity (Wildman–Crippen MR) is 88.8 cm³/mol. The second-order valence-electron chi connectivity index (χ2n) is 6.08. The number of para-hydroxylation sites is 1. The highest BCUT2D eigenvalue weighted by atomic mass is 32.2. The van der Waals surface area contributed by atoms with Crippen LogP contribution < -0.4 is 10.2 Å². The van der Waals surface area contributed by atoms with Crippen LogP contribution in [-0.2, 0) is 0 Å². The maximum Gasteiger partial charge on any atom is 0.0505 e. The fraction of sp³-hybridized carbons (Fsp3) is 0.647. The lowest BCUT2D eigenvalue weighted by Crippen LogP contribution is -2.54. The number of anilines is 1. The molecule has 1 heterocycles. The third-order valence-electron chi connectivity index (χ3n) is 4.85. The van der Waals surface area contributed by atoms with Crippen LogP contribution >= 0.6 is 11.8 Å². The molecule has 1 saturated carbocycles. The largest absolute Gasteiger partial charge is 0.368 e. The van der Waals surface area contributed by atoms with Gasteiger partial charge in [-0.1, -0.05) is 31.4 Å². The lowest BCUT2D eigenvalue weighted by atomic mass is 9.83. The van der Waals surface area contributed by atoms with Gasteiger partial charge in [0.05, 0.1) is 5.69 Å². The topological polar surface area (TPSA) is 15.3 Å². The maximum absolute atomic E-state index is 3.78. The summed E-state index contributed by atoms with van der Waals surface area (Å²) in [6.45, 7) is 3.45. The van der Waals surface area contributed by atoms with Crippen molar-refractivity contribution in [2.24, 2.45) is 5.92 Å². The molecule has 0 bridgehead atoms. The monoisotopic (exact) mass is 290 g/mol. The molecule has 0 aromatic heterocycles. The SMILES string of the molecule is CSc1ccccc1N1CCNC(C2CCCCC2)C1. The molecule has 1 aliphatic carbocycles. The van der Waals surface area contributed by atoms with Crippen molar-refractivity contribution in [1.29, 1.82) is 0 Å². The Kier molecular flexibility index (Phi) is 4.90. The first-order valence-electron chi connectivity index (χ1n) is 8.00. The van der Waals surface area contributed by atoms with Gasteiger partial charge in [-0.2, -0.15) is 0 Å². The highest BCUT2D eigenvalue weighted by molar-refractivity contribution is 7.98. The van der Waals surface area contributed by atoms with E-state index in [0.29, 0.717) is 6.04 Å². The number of rotatable bonds is 3. The number of nitrogens with zero attached hydrogens (tertiary/aromatic N) is 1. The van der Waals surface area contributed by atoms with Crippen LogP contribution in [0.2, 0.25) is 0 Å². The van der Waals surface area contributed by atoms with Crippen LogP contribution in [0.1, 0.15) is 32.1 Å². The van der Waals surface area contributed by atoms with Gasteiger partial charge in [0.1, 0.15) is 0 Å². The Bertz CT molecular complexity index is 429. The molecule has 1 aliphatic heterocycles. The van der Waals surface area contributed by atoms with Gasteiger partial charge in [0, 0.05) is 30.6 Å². The van der Waals surface area contributed by atoms with Crippen LogP contribution in [0, 0.1) is 5.92 Å². The molecule has 1 aromatic carbocycles. The van der Waals surface area contributed by atoms with Crippen LogP contribution in [0.5, 0.6) is 0 Å². The van der Waals surface area contributed by atoms with Crippen molar-refractivity contribution in [3.63, 3.8) is 0 Å². The first-order valence-corrected chi connectivity index (χ1v) is 9.22. The molecule has 3 heteroatoms. The van der Waals surface area contributed by atoms with Crippen molar-refractivity contribution < 1.29 is 0 Å². The second-order valence-corrected chi connectivity index (χ2v) is 6.92. The van der Waals surface area contributed by atoms with Gasteiger partial charge in [0.2, 0.25) is 0 Å². The lowest BCUT2D eigenvalue weighted by Gasteiger charge is -2.40. The van der Waals surface area contributed by atoms with Gasteiger partial charge in [-0.15, -0.1) is 11.8 Å². The van der Waals surface area contributed by atoms with Gasteiger partial charge >= 0.3 is 0 Å². The van der Waals surface area contributed by atoms with E-state index in [1.54, 1.807) is 0 Å². The molecule has 2 aliphatic rings. The fourth-order valence-corrected chi connectivity index (χ4v) is 4.36. The Labute approximate surface area is 127 Å². The van der Waals surface area contributed by atoms with E-state index in [1.807, 2.05) is 11.8 Å². The minimum Gasteiger partial charge on any atom is -0.368 e. The lowest BCUT2D eigenvalue weighted by molar-refractivity contribution is 0.257. The summed E-state index contributed by atoms with van der Waals surface area (Å²) in [5, 5.41) is 3.78. The van der Waals surface area contributed by atoms with E-state index in [9.17, 15) is 0 Å². The van der Waals surface area contributed by atoms with Crippen molar-refractivity contribution in [2.75, 3.05) is 30.8 Å². The Morgan fingerprint density at radius 2 is 1.95 bits per heavy atom. The third kappa shape index (κ3) is 3.15. The quantitative estimate of drug-likeness (QED) is 0.853. The number of nitrogens with one attached hydrogen (secondary N) is 1. The highest BCUT2D eigenvalue weighted by Gasteiger charge is 2.28. The zero-order valence-corrected chi connectivity index (χ0v) is 13.3. The van der Waals surface area contributed by atoms with E-state index >= 15 is 0 Å². The van der Waals surface area contributed by atoms with E-state index in [-0.39, 0.29) is 0 Å². The normalized spacial score (nSPS) is 24.9. The predicted octanol–water partition coefficient (Wildman–Crippen LogP) is 3.77. The van der Waals surface area contributed by atoms with E-state index < -0.39 is 0 Å². The van der Waals surface area contributed by atoms with Crippen LogP contribution in [0.25, 0.3) is 0 Å². The summed E-state index contributed by atoms with van der Waals surface area (Å²) in [5.74, 6) is 0.896. The average Bonchev–Trinajstić information content (AvgIpc) is 2.56. The molecular formula is C17H26N2S.